The number of benzene rings is 1. The number of anilines is 3. The zero-order valence-electron chi connectivity index (χ0n) is 8.42. The van der Waals surface area contributed by atoms with Gasteiger partial charge in [0, 0.05) is 4.47 Å². The van der Waals surface area contributed by atoms with Crippen LogP contribution in [0.4, 0.5) is 17.2 Å². The minimum Gasteiger partial charge on any atom is -0.394 e. The van der Waals surface area contributed by atoms with Gasteiger partial charge < -0.3 is 11.1 Å². The molecule has 0 aliphatic carbocycles. The number of hydrogen-bond acceptors (Lipinski definition) is 4. The number of hydrogen-bond donors (Lipinski definition) is 2. The Morgan fingerprint density at radius 1 is 1.29 bits per heavy atom. The van der Waals surface area contributed by atoms with E-state index in [1.165, 1.54) is 6.20 Å². The van der Waals surface area contributed by atoms with E-state index in [0.717, 1.165) is 4.47 Å². The first-order valence-corrected chi connectivity index (χ1v) is 6.11. The first kappa shape index (κ1) is 12.4. The molecule has 4 nitrogen and oxygen atoms in total. The molecular weight excluding hydrogens is 327 g/mol. The third-order valence-corrected chi connectivity index (χ3v) is 2.97. The summed E-state index contributed by atoms with van der Waals surface area (Å²) >= 11 is 15.1. The van der Waals surface area contributed by atoms with Crippen molar-refractivity contribution < 1.29 is 0 Å². The maximum Gasteiger partial charge on any atom is 0.224 e. The van der Waals surface area contributed by atoms with Crippen LogP contribution in [-0.4, -0.2) is 9.97 Å². The van der Waals surface area contributed by atoms with Gasteiger partial charge in [0.15, 0.2) is 5.82 Å². The summed E-state index contributed by atoms with van der Waals surface area (Å²) in [7, 11) is 0. The summed E-state index contributed by atoms with van der Waals surface area (Å²) in [4.78, 5) is 7.75. The second kappa shape index (κ2) is 5.08. The van der Waals surface area contributed by atoms with Crippen molar-refractivity contribution in [2.24, 2.45) is 0 Å². The molecule has 0 unspecified atom stereocenters. The van der Waals surface area contributed by atoms with Crippen molar-refractivity contribution in [1.29, 1.82) is 0 Å². The standard InChI is InChI=1S/C10H7BrCl2N4/c11-5-1-2-6(12)8(3-5)16-9-7(14)4-15-10(13)17-9/h1-4H,14H2,(H,15,16,17). The molecule has 0 saturated heterocycles. The highest BCUT2D eigenvalue weighted by Crippen LogP contribution is 2.29. The Hall–Kier alpha value is -1.04. The monoisotopic (exact) mass is 332 g/mol. The van der Waals surface area contributed by atoms with E-state index in [4.69, 9.17) is 28.9 Å². The number of aromatic nitrogens is 2. The number of nitrogens with two attached hydrogens (primary N) is 1. The van der Waals surface area contributed by atoms with Gasteiger partial charge in [0.2, 0.25) is 5.28 Å². The predicted octanol–water partition coefficient (Wildman–Crippen LogP) is 3.87. The molecule has 88 valence electrons. The summed E-state index contributed by atoms with van der Waals surface area (Å²) < 4.78 is 0.892. The van der Waals surface area contributed by atoms with E-state index in [-0.39, 0.29) is 5.28 Å². The van der Waals surface area contributed by atoms with Crippen LogP contribution >= 0.6 is 39.1 Å². The van der Waals surface area contributed by atoms with E-state index in [0.29, 0.717) is 22.2 Å². The molecule has 1 aromatic heterocycles. The lowest BCUT2D eigenvalue weighted by Gasteiger charge is -2.09. The Labute approximate surface area is 116 Å². The predicted molar refractivity (Wildman–Crippen MR) is 73.9 cm³/mol. The summed E-state index contributed by atoms with van der Waals surface area (Å²) in [5.74, 6) is 0.421. The number of nitrogens with zero attached hydrogens (tertiary/aromatic N) is 2. The summed E-state index contributed by atoms with van der Waals surface area (Å²) in [5, 5.41) is 3.68. The van der Waals surface area contributed by atoms with Gasteiger partial charge in [0.05, 0.1) is 22.6 Å². The fourth-order valence-electron chi connectivity index (χ4n) is 1.19. The fourth-order valence-corrected chi connectivity index (χ4v) is 1.85. The van der Waals surface area contributed by atoms with Crippen LogP contribution in [-0.2, 0) is 0 Å². The van der Waals surface area contributed by atoms with Crippen molar-refractivity contribution in [1.82, 2.24) is 9.97 Å². The van der Waals surface area contributed by atoms with Crippen molar-refractivity contribution in [2.45, 2.75) is 0 Å². The van der Waals surface area contributed by atoms with Crippen LogP contribution in [0.1, 0.15) is 0 Å². The van der Waals surface area contributed by atoms with Gasteiger partial charge in [-0.15, -0.1) is 0 Å². The van der Waals surface area contributed by atoms with Crippen LogP contribution in [0.25, 0.3) is 0 Å². The van der Waals surface area contributed by atoms with Crippen LogP contribution < -0.4 is 11.1 Å². The highest BCUT2D eigenvalue weighted by Gasteiger charge is 2.06. The maximum absolute atomic E-state index is 6.04. The molecule has 1 aromatic carbocycles. The van der Waals surface area contributed by atoms with Crippen LogP contribution in [0, 0.1) is 0 Å². The Morgan fingerprint density at radius 3 is 2.82 bits per heavy atom. The van der Waals surface area contributed by atoms with E-state index in [1.807, 2.05) is 12.1 Å². The van der Waals surface area contributed by atoms with Crippen molar-refractivity contribution in [3.8, 4) is 0 Å². The van der Waals surface area contributed by atoms with E-state index in [2.05, 4.69) is 31.2 Å². The topological polar surface area (TPSA) is 63.8 Å². The molecule has 0 saturated carbocycles. The molecular formula is C10H7BrCl2N4. The molecule has 0 aliphatic rings. The summed E-state index contributed by atoms with van der Waals surface area (Å²) in [6.45, 7) is 0. The third kappa shape index (κ3) is 3.00. The molecule has 0 radical (unpaired) electrons. The van der Waals surface area contributed by atoms with E-state index in [9.17, 15) is 0 Å². The number of nitrogens with one attached hydrogen (secondary N) is 1. The van der Waals surface area contributed by atoms with Gasteiger partial charge in [-0.25, -0.2) is 4.98 Å². The third-order valence-electron chi connectivity index (χ3n) is 1.97. The maximum atomic E-state index is 6.04. The molecule has 0 aliphatic heterocycles. The highest BCUT2D eigenvalue weighted by molar-refractivity contribution is 9.10. The van der Waals surface area contributed by atoms with E-state index >= 15 is 0 Å². The molecule has 1 heterocycles. The first-order chi connectivity index (χ1) is 8.06. The van der Waals surface area contributed by atoms with Gasteiger partial charge in [-0.3, -0.25) is 0 Å². The Morgan fingerprint density at radius 2 is 2.06 bits per heavy atom. The SMILES string of the molecule is Nc1cnc(Cl)nc1Nc1cc(Br)ccc1Cl. The molecule has 2 rings (SSSR count). The second-order valence-corrected chi connectivity index (χ2v) is 4.85. The first-order valence-electron chi connectivity index (χ1n) is 4.56. The number of halogens is 3. The largest absolute Gasteiger partial charge is 0.394 e. The van der Waals surface area contributed by atoms with E-state index < -0.39 is 0 Å². The lowest BCUT2D eigenvalue weighted by Crippen LogP contribution is -2.01. The van der Waals surface area contributed by atoms with E-state index in [1.54, 1.807) is 6.07 Å². The summed E-state index contributed by atoms with van der Waals surface area (Å²) in [6.07, 6.45) is 1.43. The van der Waals surface area contributed by atoms with Gasteiger partial charge in [-0.1, -0.05) is 27.5 Å². The smallest absolute Gasteiger partial charge is 0.224 e. The van der Waals surface area contributed by atoms with Crippen LogP contribution in [0.3, 0.4) is 0 Å². The molecule has 7 heteroatoms. The van der Waals surface area contributed by atoms with Crippen LogP contribution in [0.5, 0.6) is 0 Å². The van der Waals surface area contributed by atoms with Crippen molar-refractivity contribution in [2.75, 3.05) is 11.1 Å². The second-order valence-electron chi connectivity index (χ2n) is 3.19. The summed E-state index contributed by atoms with van der Waals surface area (Å²) in [5.41, 5.74) is 6.80. The van der Waals surface area contributed by atoms with Crippen molar-refractivity contribution >= 4 is 56.3 Å². The van der Waals surface area contributed by atoms with Crippen molar-refractivity contribution in [3.05, 3.63) is 39.2 Å². The molecule has 3 N–H and O–H groups in total. The minimum absolute atomic E-state index is 0.118. The quantitative estimate of drug-likeness (QED) is 0.819. The van der Waals surface area contributed by atoms with Gasteiger partial charge >= 0.3 is 0 Å². The van der Waals surface area contributed by atoms with Crippen LogP contribution in [0.2, 0.25) is 10.3 Å². The van der Waals surface area contributed by atoms with Gasteiger partial charge in [0.25, 0.3) is 0 Å². The number of rotatable bonds is 2. The fraction of sp³-hybridized carbons (Fsp3) is 0. The Balaban J connectivity index is 2.37. The Kier molecular flexibility index (Phi) is 3.71. The molecule has 0 spiro atoms. The molecule has 0 amide bonds. The lowest BCUT2D eigenvalue weighted by atomic mass is 10.3. The minimum atomic E-state index is 0.118. The molecule has 0 bridgehead atoms. The summed E-state index contributed by atoms with van der Waals surface area (Å²) in [6, 6.07) is 5.41. The van der Waals surface area contributed by atoms with Gasteiger partial charge in [0.1, 0.15) is 0 Å². The highest BCUT2D eigenvalue weighted by atomic mass is 79.9. The lowest BCUT2D eigenvalue weighted by molar-refractivity contribution is 1.17. The molecule has 0 fully saturated rings. The number of nitrogen functional groups attached to an aromatic ring is 1. The average molecular weight is 334 g/mol. The normalized spacial score (nSPS) is 10.3. The molecule has 0 atom stereocenters. The Bertz CT molecular complexity index is 512. The molecule has 17 heavy (non-hydrogen) atoms. The zero-order valence-corrected chi connectivity index (χ0v) is 11.5. The average Bonchev–Trinajstić information content (AvgIpc) is 2.28. The van der Waals surface area contributed by atoms with Gasteiger partial charge in [-0.05, 0) is 29.8 Å². The van der Waals surface area contributed by atoms with Crippen LogP contribution in [0.15, 0.2) is 28.9 Å². The van der Waals surface area contributed by atoms with Gasteiger partial charge in [-0.2, -0.15) is 4.98 Å². The van der Waals surface area contributed by atoms with Crippen molar-refractivity contribution in [3.63, 3.8) is 0 Å². The molecule has 2 aromatic rings. The zero-order chi connectivity index (χ0) is 12.4.